The molecule has 0 rings (SSSR count). The quantitative estimate of drug-likeness (QED) is 0.540. The van der Waals surface area contributed by atoms with E-state index in [1.165, 1.54) is 0 Å². The number of aliphatic carboxylic acids is 2. The maximum absolute atomic E-state index is 10.5. The zero-order chi connectivity index (χ0) is 11.1. The van der Waals surface area contributed by atoms with Gasteiger partial charge in [0, 0.05) is 12.6 Å². The molecule has 0 bridgehead atoms. The molecule has 0 aromatic rings. The molecule has 0 spiro atoms. The Bertz CT molecular complexity index is 238. The first-order valence-electron chi connectivity index (χ1n) is 4.10. The third kappa shape index (κ3) is 6.62. The Hall–Kier alpha value is -0.870. The lowest BCUT2D eigenvalue weighted by molar-refractivity contribution is -0.142. The van der Waals surface area contributed by atoms with Crippen molar-refractivity contribution in [1.82, 2.24) is 0 Å². The molecule has 14 heavy (non-hydrogen) atoms. The molecule has 0 aliphatic carbocycles. The van der Waals surface area contributed by atoms with Gasteiger partial charge in [0.15, 0.2) is 8.03 Å². The Morgan fingerprint density at radius 2 is 1.86 bits per heavy atom. The molecule has 0 aliphatic rings. The zero-order valence-corrected chi connectivity index (χ0v) is 8.47. The van der Waals surface area contributed by atoms with Crippen LogP contribution in [0.25, 0.3) is 0 Å². The summed E-state index contributed by atoms with van der Waals surface area (Å²) in [6.07, 6.45) is -0.0597. The van der Waals surface area contributed by atoms with Crippen LogP contribution in [0.2, 0.25) is 0 Å². The first-order chi connectivity index (χ1) is 6.43. The van der Waals surface area contributed by atoms with Gasteiger partial charge in [-0.25, -0.2) is 0 Å². The molecule has 2 atom stereocenters. The first kappa shape index (κ1) is 13.1. The molecule has 0 amide bonds. The van der Waals surface area contributed by atoms with Gasteiger partial charge in [0.05, 0.1) is 5.92 Å². The lowest BCUT2D eigenvalue weighted by atomic mass is 10.0. The SMILES string of the molecule is O=C(O)CCCC(C[PH](=O)O)C(=O)O. The third-order valence-corrected chi connectivity index (χ3v) is 2.56. The van der Waals surface area contributed by atoms with Crippen LogP contribution in [0.5, 0.6) is 0 Å². The fourth-order valence-corrected chi connectivity index (χ4v) is 1.82. The molecular weight excluding hydrogens is 211 g/mol. The van der Waals surface area contributed by atoms with Crippen LogP contribution in [0, 0.1) is 5.92 Å². The van der Waals surface area contributed by atoms with Crippen LogP contribution in [0.3, 0.4) is 0 Å². The molecule has 0 aliphatic heterocycles. The van der Waals surface area contributed by atoms with Gasteiger partial charge in [0.2, 0.25) is 0 Å². The fraction of sp³-hybridized carbons (Fsp3) is 0.714. The molecular formula is C7H13O6P. The smallest absolute Gasteiger partial charge is 0.307 e. The van der Waals surface area contributed by atoms with E-state index in [4.69, 9.17) is 15.1 Å². The number of hydrogen-bond donors (Lipinski definition) is 3. The molecule has 2 unspecified atom stereocenters. The van der Waals surface area contributed by atoms with Crippen LogP contribution in [0.4, 0.5) is 0 Å². The number of carbonyl (C=O) groups is 2. The highest BCUT2D eigenvalue weighted by molar-refractivity contribution is 7.38. The van der Waals surface area contributed by atoms with E-state index in [1.54, 1.807) is 0 Å². The van der Waals surface area contributed by atoms with Gasteiger partial charge in [-0.05, 0) is 12.8 Å². The van der Waals surface area contributed by atoms with E-state index in [0.29, 0.717) is 0 Å². The fourth-order valence-electron chi connectivity index (χ4n) is 1.02. The van der Waals surface area contributed by atoms with Crippen LogP contribution < -0.4 is 0 Å². The van der Waals surface area contributed by atoms with E-state index < -0.39 is 25.9 Å². The van der Waals surface area contributed by atoms with E-state index in [1.807, 2.05) is 0 Å². The van der Waals surface area contributed by atoms with E-state index >= 15 is 0 Å². The Kier molecular flexibility index (Phi) is 6.16. The van der Waals surface area contributed by atoms with Crippen LogP contribution in [0.15, 0.2) is 0 Å². The summed E-state index contributed by atoms with van der Waals surface area (Å²) in [6, 6.07) is 0. The van der Waals surface area contributed by atoms with E-state index in [2.05, 4.69) is 0 Å². The molecule has 0 fully saturated rings. The summed E-state index contributed by atoms with van der Waals surface area (Å²) in [5, 5.41) is 16.9. The molecule has 7 heteroatoms. The maximum atomic E-state index is 10.5. The second kappa shape index (κ2) is 6.56. The minimum Gasteiger partial charge on any atom is -0.481 e. The number of rotatable bonds is 7. The molecule has 0 saturated carbocycles. The van der Waals surface area contributed by atoms with E-state index in [0.717, 1.165) is 0 Å². The van der Waals surface area contributed by atoms with Crippen molar-refractivity contribution in [2.45, 2.75) is 19.3 Å². The van der Waals surface area contributed by atoms with Gasteiger partial charge < -0.3 is 15.1 Å². The normalized spacial score (nSPS) is 14.6. The zero-order valence-electron chi connectivity index (χ0n) is 7.47. The van der Waals surface area contributed by atoms with Crippen molar-refractivity contribution >= 4 is 20.0 Å². The highest BCUT2D eigenvalue weighted by Crippen LogP contribution is 2.22. The Morgan fingerprint density at radius 1 is 1.29 bits per heavy atom. The number of carboxylic acids is 2. The minimum atomic E-state index is -2.81. The summed E-state index contributed by atoms with van der Waals surface area (Å²) < 4.78 is 10.4. The van der Waals surface area contributed by atoms with Gasteiger partial charge >= 0.3 is 11.9 Å². The van der Waals surface area contributed by atoms with Crippen LogP contribution in [-0.4, -0.2) is 33.2 Å². The van der Waals surface area contributed by atoms with Crippen molar-refractivity contribution < 1.29 is 29.3 Å². The average Bonchev–Trinajstić information content (AvgIpc) is 2.00. The van der Waals surface area contributed by atoms with Gasteiger partial charge in [-0.3, -0.25) is 14.2 Å². The van der Waals surface area contributed by atoms with Crippen molar-refractivity contribution in [3.05, 3.63) is 0 Å². The van der Waals surface area contributed by atoms with Crippen molar-refractivity contribution in [2.75, 3.05) is 6.16 Å². The van der Waals surface area contributed by atoms with Crippen LogP contribution >= 0.6 is 8.03 Å². The topological polar surface area (TPSA) is 112 Å². The molecule has 82 valence electrons. The Labute approximate surface area is 81.4 Å². The second-order valence-corrected chi connectivity index (χ2v) is 4.11. The third-order valence-electron chi connectivity index (χ3n) is 1.71. The summed E-state index contributed by atoms with van der Waals surface area (Å²) in [5.74, 6) is -3.06. The summed E-state index contributed by atoms with van der Waals surface area (Å²) in [7, 11) is -2.81. The van der Waals surface area contributed by atoms with Gasteiger partial charge in [0.25, 0.3) is 0 Å². The summed E-state index contributed by atoms with van der Waals surface area (Å²) in [6.45, 7) is 0. The first-order valence-corrected chi connectivity index (χ1v) is 5.66. The Balaban J connectivity index is 3.91. The summed E-state index contributed by atoms with van der Waals surface area (Å²) in [4.78, 5) is 29.2. The molecule has 0 saturated heterocycles. The monoisotopic (exact) mass is 224 g/mol. The predicted molar refractivity (Wildman–Crippen MR) is 48.7 cm³/mol. The molecule has 0 aromatic carbocycles. The lowest BCUT2D eigenvalue weighted by Crippen LogP contribution is -2.16. The summed E-state index contributed by atoms with van der Waals surface area (Å²) >= 11 is 0. The van der Waals surface area contributed by atoms with Crippen molar-refractivity contribution in [3.8, 4) is 0 Å². The molecule has 6 nitrogen and oxygen atoms in total. The maximum Gasteiger partial charge on any atom is 0.307 e. The van der Waals surface area contributed by atoms with Gasteiger partial charge in [0.1, 0.15) is 0 Å². The van der Waals surface area contributed by atoms with Gasteiger partial charge in [-0.1, -0.05) is 0 Å². The Morgan fingerprint density at radius 3 is 2.21 bits per heavy atom. The van der Waals surface area contributed by atoms with Crippen molar-refractivity contribution in [3.63, 3.8) is 0 Å². The second-order valence-electron chi connectivity index (χ2n) is 2.92. The molecule has 0 heterocycles. The highest BCUT2D eigenvalue weighted by Gasteiger charge is 2.19. The number of hydrogen-bond acceptors (Lipinski definition) is 3. The molecule has 0 aromatic heterocycles. The van der Waals surface area contributed by atoms with E-state index in [-0.39, 0.29) is 25.4 Å². The average molecular weight is 224 g/mol. The van der Waals surface area contributed by atoms with Crippen molar-refractivity contribution in [2.24, 2.45) is 5.92 Å². The highest BCUT2D eigenvalue weighted by atomic mass is 31.1. The van der Waals surface area contributed by atoms with Gasteiger partial charge in [-0.2, -0.15) is 0 Å². The van der Waals surface area contributed by atoms with Crippen molar-refractivity contribution in [1.29, 1.82) is 0 Å². The van der Waals surface area contributed by atoms with Crippen LogP contribution in [-0.2, 0) is 14.2 Å². The number of carboxylic acid groups (broad SMARTS) is 2. The molecule has 0 radical (unpaired) electrons. The minimum absolute atomic E-state index is 0.115. The predicted octanol–water partition coefficient (Wildman–Crippen LogP) is 0.409. The standard InChI is InChI=1S/C7H13O6P/c8-6(9)3-1-2-5(7(10)11)4-14(12)13/h5,14H,1-4H2,(H,8,9)(H,10,11)(H,12,13). The largest absolute Gasteiger partial charge is 0.481 e. The summed E-state index contributed by atoms with van der Waals surface area (Å²) in [5.41, 5.74) is 0. The van der Waals surface area contributed by atoms with Crippen LogP contribution in [0.1, 0.15) is 19.3 Å². The van der Waals surface area contributed by atoms with E-state index in [9.17, 15) is 14.2 Å². The van der Waals surface area contributed by atoms with Gasteiger partial charge in [-0.15, -0.1) is 0 Å². The lowest BCUT2D eigenvalue weighted by Gasteiger charge is -2.08. The molecule has 3 N–H and O–H groups in total.